The van der Waals surface area contributed by atoms with Crippen molar-refractivity contribution < 1.29 is 24.2 Å². The monoisotopic (exact) mass is 449 g/mol. The van der Waals surface area contributed by atoms with Gasteiger partial charge in [-0.2, -0.15) is 5.26 Å². The summed E-state index contributed by atoms with van der Waals surface area (Å²) >= 11 is 1.40. The van der Waals surface area contributed by atoms with Gasteiger partial charge in [-0.1, -0.05) is 30.3 Å². The quantitative estimate of drug-likeness (QED) is 0.610. The van der Waals surface area contributed by atoms with Crippen LogP contribution in [0, 0.1) is 11.3 Å². The van der Waals surface area contributed by atoms with Gasteiger partial charge in [-0.3, -0.25) is 4.90 Å². The van der Waals surface area contributed by atoms with E-state index in [4.69, 9.17) is 14.6 Å². The first-order valence-corrected chi connectivity index (χ1v) is 10.7. The highest BCUT2D eigenvalue weighted by Gasteiger charge is 2.37. The molecule has 1 amide bonds. The number of aliphatic carboxylic acids is 1. The fourth-order valence-electron chi connectivity index (χ4n) is 3.60. The van der Waals surface area contributed by atoms with Crippen LogP contribution in [0.2, 0.25) is 0 Å². The number of ether oxygens (including phenoxy) is 2. The average molecular weight is 449 g/mol. The van der Waals surface area contributed by atoms with Gasteiger partial charge in [-0.15, -0.1) is 11.3 Å². The summed E-state index contributed by atoms with van der Waals surface area (Å²) in [6.45, 7) is -0.0527. The Labute approximate surface area is 188 Å². The molecule has 32 heavy (non-hydrogen) atoms. The minimum Gasteiger partial charge on any atom is -0.482 e. The maximum absolute atomic E-state index is 13.1. The minimum absolute atomic E-state index is 0.124. The number of carboxylic acid groups (broad SMARTS) is 1. The zero-order chi connectivity index (χ0) is 22.5. The second-order valence-corrected chi connectivity index (χ2v) is 7.98. The Morgan fingerprint density at radius 1 is 1.25 bits per heavy atom. The number of benzene rings is 2. The summed E-state index contributed by atoms with van der Waals surface area (Å²) < 4.78 is 11.1. The third-order valence-electron chi connectivity index (χ3n) is 5.05. The SMILES string of the molecule is N#Cc1ccc(OCC(=O)O)c(C2c3scnc3CCN2C(=O)OCc2ccccc2)c1. The number of nitriles is 1. The second-order valence-electron chi connectivity index (χ2n) is 7.10. The van der Waals surface area contributed by atoms with E-state index in [-0.39, 0.29) is 6.61 Å². The molecule has 1 unspecified atom stereocenters. The molecule has 9 heteroatoms. The molecule has 1 atom stereocenters. The van der Waals surface area contributed by atoms with Crippen molar-refractivity contribution in [2.75, 3.05) is 13.2 Å². The lowest BCUT2D eigenvalue weighted by molar-refractivity contribution is -0.139. The van der Waals surface area contributed by atoms with Crippen molar-refractivity contribution in [3.63, 3.8) is 0 Å². The van der Waals surface area contributed by atoms with Crippen LogP contribution < -0.4 is 4.74 Å². The lowest BCUT2D eigenvalue weighted by Gasteiger charge is -2.35. The first-order valence-electron chi connectivity index (χ1n) is 9.85. The van der Waals surface area contributed by atoms with E-state index >= 15 is 0 Å². The van der Waals surface area contributed by atoms with Crippen LogP contribution in [-0.4, -0.2) is 40.2 Å². The van der Waals surface area contributed by atoms with Crippen molar-refractivity contribution in [2.45, 2.75) is 19.1 Å². The van der Waals surface area contributed by atoms with Gasteiger partial charge in [0, 0.05) is 18.5 Å². The van der Waals surface area contributed by atoms with Crippen LogP contribution >= 0.6 is 11.3 Å². The molecular weight excluding hydrogens is 430 g/mol. The maximum Gasteiger partial charge on any atom is 0.410 e. The van der Waals surface area contributed by atoms with Gasteiger partial charge in [0.05, 0.1) is 27.7 Å². The number of carbonyl (C=O) groups is 2. The van der Waals surface area contributed by atoms with Crippen molar-refractivity contribution >= 4 is 23.4 Å². The summed E-state index contributed by atoms with van der Waals surface area (Å²) in [5, 5.41) is 18.5. The molecule has 2 heterocycles. The van der Waals surface area contributed by atoms with E-state index in [1.165, 1.54) is 11.3 Å². The molecule has 162 valence electrons. The summed E-state index contributed by atoms with van der Waals surface area (Å²) in [4.78, 5) is 31.0. The number of amides is 1. The Hall–Kier alpha value is -3.90. The van der Waals surface area contributed by atoms with Gasteiger partial charge in [-0.25, -0.2) is 14.6 Å². The van der Waals surface area contributed by atoms with Crippen molar-refractivity contribution in [1.29, 1.82) is 5.26 Å². The largest absolute Gasteiger partial charge is 0.482 e. The van der Waals surface area contributed by atoms with Crippen molar-refractivity contribution in [3.05, 3.63) is 81.3 Å². The number of nitrogens with zero attached hydrogens (tertiary/aromatic N) is 3. The van der Waals surface area contributed by atoms with Crippen LogP contribution in [0.15, 0.2) is 54.0 Å². The molecule has 0 fully saturated rings. The van der Waals surface area contributed by atoms with E-state index in [1.807, 2.05) is 30.3 Å². The topological polar surface area (TPSA) is 113 Å². The first-order chi connectivity index (χ1) is 15.6. The Bertz CT molecular complexity index is 1170. The molecule has 0 aliphatic carbocycles. The number of hydrogen-bond donors (Lipinski definition) is 1. The molecule has 1 N–H and O–H groups in total. The maximum atomic E-state index is 13.1. The summed E-state index contributed by atoms with van der Waals surface area (Å²) in [7, 11) is 0. The Morgan fingerprint density at radius 3 is 2.81 bits per heavy atom. The molecule has 0 saturated carbocycles. The van der Waals surface area contributed by atoms with Crippen molar-refractivity contribution in [3.8, 4) is 11.8 Å². The molecule has 0 saturated heterocycles. The first kappa shape index (κ1) is 21.3. The van der Waals surface area contributed by atoms with Crippen LogP contribution in [0.4, 0.5) is 4.79 Å². The van der Waals surface area contributed by atoms with Gasteiger partial charge in [0.2, 0.25) is 0 Å². The van der Waals surface area contributed by atoms with Crippen molar-refractivity contribution in [1.82, 2.24) is 9.88 Å². The number of carbonyl (C=O) groups excluding carboxylic acids is 1. The fraction of sp³-hybridized carbons (Fsp3) is 0.217. The lowest BCUT2D eigenvalue weighted by Crippen LogP contribution is -2.40. The van der Waals surface area contributed by atoms with E-state index in [1.54, 1.807) is 28.6 Å². The third-order valence-corrected chi connectivity index (χ3v) is 5.97. The molecule has 4 rings (SSSR count). The number of aromatic nitrogens is 1. The van der Waals surface area contributed by atoms with E-state index in [9.17, 15) is 14.9 Å². The minimum atomic E-state index is -1.12. The van der Waals surface area contributed by atoms with E-state index in [2.05, 4.69) is 11.1 Å². The van der Waals surface area contributed by atoms with Crippen LogP contribution in [0.1, 0.15) is 33.3 Å². The number of thiazole rings is 1. The van der Waals surface area contributed by atoms with Gasteiger partial charge in [0.25, 0.3) is 0 Å². The summed E-state index contributed by atoms with van der Waals surface area (Å²) in [5.41, 5.74) is 4.33. The molecular formula is C23H19N3O5S. The zero-order valence-corrected chi connectivity index (χ0v) is 17.7. The van der Waals surface area contributed by atoms with E-state index in [0.29, 0.717) is 29.8 Å². The molecule has 1 aliphatic rings. The predicted octanol–water partition coefficient (Wildman–Crippen LogP) is 3.76. The molecule has 1 aromatic heterocycles. The van der Waals surface area contributed by atoms with Gasteiger partial charge in [0.1, 0.15) is 18.4 Å². The van der Waals surface area contributed by atoms with Crippen LogP contribution in [0.3, 0.4) is 0 Å². The van der Waals surface area contributed by atoms with Crippen molar-refractivity contribution in [2.24, 2.45) is 0 Å². The molecule has 0 bridgehead atoms. The fourth-order valence-corrected chi connectivity index (χ4v) is 4.56. The molecule has 0 radical (unpaired) electrons. The van der Waals surface area contributed by atoms with Gasteiger partial charge < -0.3 is 14.6 Å². The highest BCUT2D eigenvalue weighted by molar-refractivity contribution is 7.09. The van der Waals surface area contributed by atoms with Gasteiger partial charge in [-0.05, 0) is 23.8 Å². The van der Waals surface area contributed by atoms with Gasteiger partial charge in [0.15, 0.2) is 6.61 Å². The van der Waals surface area contributed by atoms with Crippen LogP contribution in [-0.2, 0) is 22.6 Å². The number of carboxylic acids is 1. The van der Waals surface area contributed by atoms with E-state index in [0.717, 1.165) is 16.1 Å². The lowest BCUT2D eigenvalue weighted by atomic mass is 9.95. The molecule has 2 aromatic carbocycles. The number of rotatable bonds is 6. The van der Waals surface area contributed by atoms with E-state index < -0.39 is 24.7 Å². The zero-order valence-electron chi connectivity index (χ0n) is 16.9. The number of fused-ring (bicyclic) bond motifs is 1. The molecule has 3 aromatic rings. The molecule has 8 nitrogen and oxygen atoms in total. The van der Waals surface area contributed by atoms with Gasteiger partial charge >= 0.3 is 12.1 Å². The summed E-state index contributed by atoms with van der Waals surface area (Å²) in [6, 6.07) is 15.6. The Balaban J connectivity index is 1.69. The summed E-state index contributed by atoms with van der Waals surface area (Å²) in [5.74, 6) is -0.833. The summed E-state index contributed by atoms with van der Waals surface area (Å²) in [6.07, 6.45) is 0.0587. The predicted molar refractivity (Wildman–Crippen MR) is 115 cm³/mol. The highest BCUT2D eigenvalue weighted by Crippen LogP contribution is 2.41. The third kappa shape index (κ3) is 4.55. The molecule has 1 aliphatic heterocycles. The smallest absolute Gasteiger partial charge is 0.410 e. The van der Waals surface area contributed by atoms with Crippen LogP contribution in [0.25, 0.3) is 0 Å². The normalized spacial score (nSPS) is 14.8. The molecule has 0 spiro atoms. The number of hydrogen-bond acceptors (Lipinski definition) is 7. The average Bonchev–Trinajstić information content (AvgIpc) is 3.30. The van der Waals surface area contributed by atoms with Crippen LogP contribution in [0.5, 0.6) is 5.75 Å². The standard InChI is InChI=1S/C23H19N3O5S/c24-11-16-6-7-19(30-13-20(27)28)17(10-16)21-22-18(25-14-32-22)8-9-26(21)23(29)31-12-15-4-2-1-3-5-15/h1-7,10,14,21H,8-9,12-13H2,(H,27,28). The Morgan fingerprint density at radius 2 is 2.06 bits per heavy atom. The highest BCUT2D eigenvalue weighted by atomic mass is 32.1. The Kier molecular flexibility index (Phi) is 6.33. The second kappa shape index (κ2) is 9.49.